The fraction of sp³-hybridized carbons (Fsp3) is 0.429. The monoisotopic (exact) mass is 151 g/mol. The van der Waals surface area contributed by atoms with Gasteiger partial charge in [0.15, 0.2) is 5.69 Å². The number of rotatable bonds is 0. The summed E-state index contributed by atoms with van der Waals surface area (Å²) in [5.74, 6) is 0.0179. The van der Waals surface area contributed by atoms with Crippen molar-refractivity contribution in [1.82, 2.24) is 15.1 Å². The number of carbonyl (C=O) groups is 1. The van der Waals surface area contributed by atoms with Crippen molar-refractivity contribution in [1.29, 1.82) is 0 Å². The lowest BCUT2D eigenvalue weighted by Crippen LogP contribution is -2.18. The number of aromatic nitrogens is 2. The predicted molar refractivity (Wildman–Crippen MR) is 39.1 cm³/mol. The van der Waals surface area contributed by atoms with Gasteiger partial charge in [0.1, 0.15) is 0 Å². The van der Waals surface area contributed by atoms with Crippen LogP contribution in [0.4, 0.5) is 0 Å². The van der Waals surface area contributed by atoms with Gasteiger partial charge in [-0.2, -0.15) is 5.10 Å². The number of fused-ring (bicyclic) bond motifs is 1. The Morgan fingerprint density at radius 1 is 1.64 bits per heavy atom. The Labute approximate surface area is 64.2 Å². The predicted octanol–water partition coefficient (Wildman–Crippen LogP) is 0.304. The van der Waals surface area contributed by atoms with Gasteiger partial charge in [-0.05, 0) is 6.92 Å². The average molecular weight is 151 g/mol. The van der Waals surface area contributed by atoms with Gasteiger partial charge in [-0.3, -0.25) is 9.89 Å². The molecule has 11 heavy (non-hydrogen) atoms. The van der Waals surface area contributed by atoms with Crippen molar-refractivity contribution in [2.24, 2.45) is 0 Å². The molecule has 1 aromatic rings. The normalized spacial score (nSPS) is 15.8. The van der Waals surface area contributed by atoms with E-state index in [9.17, 15) is 4.79 Å². The van der Waals surface area contributed by atoms with Gasteiger partial charge in [0, 0.05) is 24.8 Å². The Bertz CT molecular complexity index is 315. The minimum absolute atomic E-state index is 0.0179. The van der Waals surface area contributed by atoms with E-state index in [4.69, 9.17) is 0 Å². The summed E-state index contributed by atoms with van der Waals surface area (Å²) in [6.45, 7) is 2.62. The molecule has 0 saturated carbocycles. The number of hydrogen-bond acceptors (Lipinski definition) is 2. The quantitative estimate of drug-likeness (QED) is 0.580. The van der Waals surface area contributed by atoms with Crippen molar-refractivity contribution in [2.45, 2.75) is 13.5 Å². The van der Waals surface area contributed by atoms with Crippen LogP contribution in [0.5, 0.6) is 0 Å². The number of carbonyl (C=O) groups excluding carboxylic acids is 1. The lowest BCUT2D eigenvalue weighted by Gasteiger charge is -2.05. The first-order valence-corrected chi connectivity index (χ1v) is 3.49. The third-order valence-corrected chi connectivity index (χ3v) is 2.02. The van der Waals surface area contributed by atoms with E-state index in [2.05, 4.69) is 10.2 Å². The Hall–Kier alpha value is -1.32. The Balaban J connectivity index is 2.56. The molecule has 0 spiro atoms. The van der Waals surface area contributed by atoms with E-state index in [1.165, 1.54) is 0 Å². The molecule has 1 aliphatic rings. The number of nitrogens with one attached hydrogen (secondary N) is 1. The summed E-state index contributed by atoms with van der Waals surface area (Å²) in [4.78, 5) is 12.9. The van der Waals surface area contributed by atoms with Crippen molar-refractivity contribution >= 4 is 5.91 Å². The maximum Gasteiger partial charge on any atom is 0.274 e. The summed E-state index contributed by atoms with van der Waals surface area (Å²) < 4.78 is 0. The van der Waals surface area contributed by atoms with Gasteiger partial charge >= 0.3 is 0 Å². The van der Waals surface area contributed by atoms with Crippen LogP contribution in [0.3, 0.4) is 0 Å². The zero-order chi connectivity index (χ0) is 8.01. The second kappa shape index (κ2) is 1.84. The van der Waals surface area contributed by atoms with E-state index >= 15 is 0 Å². The molecular weight excluding hydrogens is 142 g/mol. The molecule has 0 bridgehead atoms. The molecule has 4 nitrogen and oxygen atoms in total. The molecule has 2 rings (SSSR count). The summed E-state index contributed by atoms with van der Waals surface area (Å²) in [5, 5.41) is 6.70. The molecule has 4 heteroatoms. The average Bonchev–Trinajstić information content (AvgIpc) is 2.43. The lowest BCUT2D eigenvalue weighted by atomic mass is 10.2. The number of nitrogens with zero attached hydrogens (tertiary/aromatic N) is 2. The molecule has 0 saturated heterocycles. The van der Waals surface area contributed by atoms with Gasteiger partial charge in [-0.25, -0.2) is 0 Å². The van der Waals surface area contributed by atoms with Gasteiger partial charge in [0.05, 0.1) is 0 Å². The SMILES string of the molecule is Cc1[nH]nc2c1CN(C)C2=O. The van der Waals surface area contributed by atoms with Crippen molar-refractivity contribution in [3.05, 3.63) is 17.0 Å². The van der Waals surface area contributed by atoms with E-state index in [0.717, 1.165) is 11.3 Å². The van der Waals surface area contributed by atoms with Crippen LogP contribution in [-0.2, 0) is 6.54 Å². The van der Waals surface area contributed by atoms with Crippen LogP contribution in [0.15, 0.2) is 0 Å². The topological polar surface area (TPSA) is 49.0 Å². The fourth-order valence-corrected chi connectivity index (χ4v) is 1.31. The summed E-state index contributed by atoms with van der Waals surface area (Å²) in [6, 6.07) is 0. The van der Waals surface area contributed by atoms with Crippen LogP contribution in [0.2, 0.25) is 0 Å². The highest BCUT2D eigenvalue weighted by atomic mass is 16.2. The van der Waals surface area contributed by atoms with E-state index in [0.29, 0.717) is 12.2 Å². The molecule has 2 heterocycles. The van der Waals surface area contributed by atoms with E-state index in [1.807, 2.05) is 6.92 Å². The van der Waals surface area contributed by atoms with Crippen molar-refractivity contribution < 1.29 is 4.79 Å². The summed E-state index contributed by atoms with van der Waals surface area (Å²) in [5.41, 5.74) is 2.63. The van der Waals surface area contributed by atoms with E-state index in [-0.39, 0.29) is 5.91 Å². The summed E-state index contributed by atoms with van der Waals surface area (Å²) >= 11 is 0. The van der Waals surface area contributed by atoms with E-state index in [1.54, 1.807) is 11.9 Å². The second-order valence-corrected chi connectivity index (χ2v) is 2.84. The van der Waals surface area contributed by atoms with Crippen LogP contribution in [0.25, 0.3) is 0 Å². The van der Waals surface area contributed by atoms with Gasteiger partial charge in [-0.1, -0.05) is 0 Å². The maximum atomic E-state index is 11.3. The molecule has 0 fully saturated rings. The number of amides is 1. The van der Waals surface area contributed by atoms with Gasteiger partial charge in [-0.15, -0.1) is 0 Å². The minimum Gasteiger partial charge on any atom is -0.336 e. The number of H-pyrrole nitrogens is 1. The second-order valence-electron chi connectivity index (χ2n) is 2.84. The zero-order valence-electron chi connectivity index (χ0n) is 6.51. The molecule has 0 radical (unpaired) electrons. The third kappa shape index (κ3) is 0.691. The highest BCUT2D eigenvalue weighted by molar-refractivity contribution is 5.96. The van der Waals surface area contributed by atoms with Crippen LogP contribution >= 0.6 is 0 Å². The van der Waals surface area contributed by atoms with Gasteiger partial charge < -0.3 is 4.90 Å². The molecule has 1 aromatic heterocycles. The number of aromatic amines is 1. The standard InChI is InChI=1S/C7H9N3O/c1-4-5-3-10(2)7(11)6(5)9-8-4/h3H2,1-2H3,(H,8,9). The highest BCUT2D eigenvalue weighted by Crippen LogP contribution is 2.21. The van der Waals surface area contributed by atoms with Crippen LogP contribution in [0, 0.1) is 6.92 Å². The Morgan fingerprint density at radius 3 is 3.00 bits per heavy atom. The molecule has 1 aliphatic heterocycles. The molecular formula is C7H9N3O. The maximum absolute atomic E-state index is 11.3. The third-order valence-electron chi connectivity index (χ3n) is 2.02. The molecule has 58 valence electrons. The number of hydrogen-bond donors (Lipinski definition) is 1. The molecule has 0 aromatic carbocycles. The van der Waals surface area contributed by atoms with Crippen LogP contribution < -0.4 is 0 Å². The largest absolute Gasteiger partial charge is 0.336 e. The summed E-state index contributed by atoms with van der Waals surface area (Å²) in [6.07, 6.45) is 0. The van der Waals surface area contributed by atoms with Gasteiger partial charge in [0.2, 0.25) is 0 Å². The number of aryl methyl sites for hydroxylation is 1. The minimum atomic E-state index is 0.0179. The Morgan fingerprint density at radius 2 is 2.36 bits per heavy atom. The first kappa shape index (κ1) is 6.39. The fourth-order valence-electron chi connectivity index (χ4n) is 1.31. The van der Waals surface area contributed by atoms with Crippen LogP contribution in [0.1, 0.15) is 21.7 Å². The van der Waals surface area contributed by atoms with Crippen molar-refractivity contribution in [3.63, 3.8) is 0 Å². The molecule has 1 N–H and O–H groups in total. The molecule has 0 atom stereocenters. The van der Waals surface area contributed by atoms with Crippen LogP contribution in [-0.4, -0.2) is 28.1 Å². The van der Waals surface area contributed by atoms with Crippen molar-refractivity contribution in [3.8, 4) is 0 Å². The Kier molecular flexibility index (Phi) is 1.07. The first-order valence-electron chi connectivity index (χ1n) is 3.49. The highest BCUT2D eigenvalue weighted by Gasteiger charge is 2.28. The molecule has 0 unspecified atom stereocenters. The smallest absolute Gasteiger partial charge is 0.274 e. The van der Waals surface area contributed by atoms with Gasteiger partial charge in [0.25, 0.3) is 5.91 Å². The molecule has 1 amide bonds. The summed E-state index contributed by atoms with van der Waals surface area (Å²) in [7, 11) is 1.78. The first-order chi connectivity index (χ1) is 5.20. The lowest BCUT2D eigenvalue weighted by molar-refractivity contribution is 0.0810. The molecule has 0 aliphatic carbocycles. The van der Waals surface area contributed by atoms with Crippen molar-refractivity contribution in [2.75, 3.05) is 7.05 Å². The zero-order valence-corrected chi connectivity index (χ0v) is 6.51. The van der Waals surface area contributed by atoms with E-state index < -0.39 is 0 Å².